The first-order valence-corrected chi connectivity index (χ1v) is 9.53. The summed E-state index contributed by atoms with van der Waals surface area (Å²) in [5, 5.41) is 2.78. The molecule has 1 aliphatic heterocycles. The molecule has 0 bridgehead atoms. The number of hydrogen-bond acceptors (Lipinski definition) is 5. The van der Waals surface area contributed by atoms with Crippen LogP contribution in [0.2, 0.25) is 0 Å². The standard InChI is InChI=1S/C22H27NO5/c1-4-25-17-8-10-18(11-9-17)27-15-20(24)23-12-13-26-19-7-5-6-16-14-22(2,3)28-21(16)19/h5-11H,4,12-15H2,1-3H3,(H,23,24). The normalized spacial score (nSPS) is 14.0. The molecule has 0 fully saturated rings. The minimum atomic E-state index is -0.214. The van der Waals surface area contributed by atoms with Gasteiger partial charge in [-0.3, -0.25) is 4.79 Å². The summed E-state index contributed by atoms with van der Waals surface area (Å²) >= 11 is 0. The van der Waals surface area contributed by atoms with Gasteiger partial charge in [-0.2, -0.15) is 0 Å². The Balaban J connectivity index is 1.38. The molecule has 0 spiro atoms. The minimum Gasteiger partial charge on any atom is -0.494 e. The molecule has 0 saturated carbocycles. The Morgan fingerprint density at radius 2 is 1.79 bits per heavy atom. The molecule has 2 aromatic rings. The van der Waals surface area contributed by atoms with Gasteiger partial charge in [0, 0.05) is 12.0 Å². The predicted octanol–water partition coefficient (Wildman–Crippen LogP) is 3.37. The topological polar surface area (TPSA) is 66.0 Å². The maximum Gasteiger partial charge on any atom is 0.258 e. The molecule has 150 valence electrons. The number of para-hydroxylation sites is 1. The van der Waals surface area contributed by atoms with E-state index in [4.69, 9.17) is 18.9 Å². The van der Waals surface area contributed by atoms with E-state index in [1.165, 1.54) is 0 Å². The molecule has 1 aliphatic rings. The third kappa shape index (κ3) is 5.31. The summed E-state index contributed by atoms with van der Waals surface area (Å²) in [6, 6.07) is 13.1. The highest BCUT2D eigenvalue weighted by Gasteiger charge is 2.32. The highest BCUT2D eigenvalue weighted by atomic mass is 16.5. The molecule has 0 radical (unpaired) electrons. The maximum absolute atomic E-state index is 11.9. The van der Waals surface area contributed by atoms with Crippen LogP contribution in [0.1, 0.15) is 26.3 Å². The van der Waals surface area contributed by atoms with Crippen LogP contribution in [0.25, 0.3) is 0 Å². The summed E-state index contributed by atoms with van der Waals surface area (Å²) in [5.41, 5.74) is 0.934. The molecule has 28 heavy (non-hydrogen) atoms. The fraction of sp³-hybridized carbons (Fsp3) is 0.409. The molecule has 0 aromatic heterocycles. The number of benzene rings is 2. The number of carbonyl (C=O) groups excluding carboxylic acids is 1. The van der Waals surface area contributed by atoms with E-state index >= 15 is 0 Å². The number of carbonyl (C=O) groups is 1. The second-order valence-electron chi connectivity index (χ2n) is 7.17. The second kappa shape index (κ2) is 8.87. The molecule has 1 heterocycles. The molecule has 6 nitrogen and oxygen atoms in total. The van der Waals surface area contributed by atoms with E-state index in [2.05, 4.69) is 25.2 Å². The van der Waals surface area contributed by atoms with Gasteiger partial charge in [0.25, 0.3) is 5.91 Å². The van der Waals surface area contributed by atoms with Crippen molar-refractivity contribution in [3.05, 3.63) is 48.0 Å². The van der Waals surface area contributed by atoms with Gasteiger partial charge in [0.15, 0.2) is 18.1 Å². The first kappa shape index (κ1) is 19.9. The molecule has 0 saturated heterocycles. The van der Waals surface area contributed by atoms with Crippen molar-refractivity contribution in [2.45, 2.75) is 32.8 Å². The van der Waals surface area contributed by atoms with Crippen molar-refractivity contribution in [2.75, 3.05) is 26.4 Å². The van der Waals surface area contributed by atoms with Crippen molar-refractivity contribution in [1.82, 2.24) is 5.32 Å². The third-order valence-corrected chi connectivity index (χ3v) is 4.24. The number of nitrogens with one attached hydrogen (secondary N) is 1. The van der Waals surface area contributed by atoms with Crippen LogP contribution in [0, 0.1) is 0 Å². The highest BCUT2D eigenvalue weighted by molar-refractivity contribution is 5.77. The zero-order valence-corrected chi connectivity index (χ0v) is 16.6. The van der Waals surface area contributed by atoms with E-state index in [1.807, 2.05) is 31.2 Å². The van der Waals surface area contributed by atoms with Crippen molar-refractivity contribution in [3.63, 3.8) is 0 Å². The van der Waals surface area contributed by atoms with Gasteiger partial charge in [-0.15, -0.1) is 0 Å². The monoisotopic (exact) mass is 385 g/mol. The van der Waals surface area contributed by atoms with Crippen molar-refractivity contribution in [3.8, 4) is 23.0 Å². The van der Waals surface area contributed by atoms with Gasteiger partial charge in [-0.25, -0.2) is 0 Å². The summed E-state index contributed by atoms with van der Waals surface area (Å²) in [7, 11) is 0. The van der Waals surface area contributed by atoms with Gasteiger partial charge >= 0.3 is 0 Å². The van der Waals surface area contributed by atoms with Gasteiger partial charge in [0.1, 0.15) is 23.7 Å². The predicted molar refractivity (Wildman–Crippen MR) is 106 cm³/mol. The summed E-state index contributed by atoms with van der Waals surface area (Å²) in [6.45, 7) is 7.35. The lowest BCUT2D eigenvalue weighted by Crippen LogP contribution is -2.32. The fourth-order valence-electron chi connectivity index (χ4n) is 3.05. The molecule has 0 unspecified atom stereocenters. The van der Waals surface area contributed by atoms with E-state index in [0.29, 0.717) is 31.3 Å². The molecular weight excluding hydrogens is 358 g/mol. The fourth-order valence-corrected chi connectivity index (χ4v) is 3.05. The van der Waals surface area contributed by atoms with Crippen molar-refractivity contribution < 1.29 is 23.7 Å². The average Bonchev–Trinajstić information content (AvgIpc) is 2.99. The molecule has 1 amide bonds. The van der Waals surface area contributed by atoms with Crippen LogP contribution in [0.4, 0.5) is 0 Å². The van der Waals surface area contributed by atoms with Crippen LogP contribution in [0.5, 0.6) is 23.0 Å². The first-order chi connectivity index (χ1) is 13.5. The van der Waals surface area contributed by atoms with Gasteiger partial charge in [-0.05, 0) is 51.1 Å². The number of fused-ring (bicyclic) bond motifs is 1. The number of rotatable bonds is 9. The lowest BCUT2D eigenvalue weighted by atomic mass is 10.0. The molecule has 0 atom stereocenters. The number of amides is 1. The lowest BCUT2D eigenvalue weighted by Gasteiger charge is -2.18. The SMILES string of the molecule is CCOc1ccc(OCC(=O)NCCOc2cccc3c2OC(C)(C)C3)cc1. The Hall–Kier alpha value is -2.89. The van der Waals surface area contributed by atoms with E-state index in [-0.39, 0.29) is 18.1 Å². The largest absolute Gasteiger partial charge is 0.494 e. The zero-order valence-electron chi connectivity index (χ0n) is 16.6. The smallest absolute Gasteiger partial charge is 0.258 e. The van der Waals surface area contributed by atoms with Crippen LogP contribution in [0.15, 0.2) is 42.5 Å². The second-order valence-corrected chi connectivity index (χ2v) is 7.17. The Morgan fingerprint density at radius 1 is 1.07 bits per heavy atom. The molecule has 0 aliphatic carbocycles. The van der Waals surface area contributed by atoms with Gasteiger partial charge in [-0.1, -0.05) is 12.1 Å². The van der Waals surface area contributed by atoms with E-state index in [9.17, 15) is 4.79 Å². The highest BCUT2D eigenvalue weighted by Crippen LogP contribution is 2.41. The Bertz CT molecular complexity index is 801. The minimum absolute atomic E-state index is 0.0496. The van der Waals surface area contributed by atoms with Crippen molar-refractivity contribution in [2.24, 2.45) is 0 Å². The van der Waals surface area contributed by atoms with Crippen LogP contribution in [-0.4, -0.2) is 37.9 Å². The number of hydrogen-bond donors (Lipinski definition) is 1. The summed E-state index contributed by atoms with van der Waals surface area (Å²) in [4.78, 5) is 11.9. The molecule has 1 N–H and O–H groups in total. The summed E-state index contributed by atoms with van der Waals surface area (Å²) < 4.78 is 22.6. The van der Waals surface area contributed by atoms with E-state index in [1.54, 1.807) is 12.1 Å². The Kier molecular flexibility index (Phi) is 6.29. The number of ether oxygens (including phenoxy) is 4. The van der Waals surface area contributed by atoms with Crippen LogP contribution < -0.4 is 24.3 Å². The molecule has 3 rings (SSSR count). The Morgan fingerprint density at radius 3 is 2.50 bits per heavy atom. The molecular formula is C22H27NO5. The van der Waals surface area contributed by atoms with Gasteiger partial charge < -0.3 is 24.3 Å². The summed E-state index contributed by atoms with van der Waals surface area (Å²) in [6.07, 6.45) is 0.860. The van der Waals surface area contributed by atoms with Crippen molar-refractivity contribution >= 4 is 5.91 Å². The maximum atomic E-state index is 11.9. The van der Waals surface area contributed by atoms with Crippen LogP contribution in [-0.2, 0) is 11.2 Å². The zero-order chi connectivity index (χ0) is 20.0. The van der Waals surface area contributed by atoms with E-state index < -0.39 is 0 Å². The summed E-state index contributed by atoms with van der Waals surface area (Å²) in [5.74, 6) is 2.71. The quantitative estimate of drug-likeness (QED) is 0.671. The average molecular weight is 385 g/mol. The van der Waals surface area contributed by atoms with Gasteiger partial charge in [0.2, 0.25) is 0 Å². The third-order valence-electron chi connectivity index (χ3n) is 4.24. The van der Waals surface area contributed by atoms with E-state index in [0.717, 1.165) is 23.5 Å². The first-order valence-electron chi connectivity index (χ1n) is 9.53. The van der Waals surface area contributed by atoms with Gasteiger partial charge in [0.05, 0.1) is 13.2 Å². The van der Waals surface area contributed by atoms with Crippen LogP contribution >= 0.6 is 0 Å². The van der Waals surface area contributed by atoms with Crippen LogP contribution in [0.3, 0.4) is 0 Å². The molecule has 6 heteroatoms. The lowest BCUT2D eigenvalue weighted by molar-refractivity contribution is -0.123. The van der Waals surface area contributed by atoms with Crippen molar-refractivity contribution in [1.29, 1.82) is 0 Å². The molecule has 2 aromatic carbocycles. The Labute approximate surface area is 165 Å².